The molecule has 0 aromatic carbocycles. The summed E-state index contributed by atoms with van der Waals surface area (Å²) < 4.78 is 15.7. The number of hydrogen-bond donors (Lipinski definition) is 3. The van der Waals surface area contributed by atoms with Gasteiger partial charge in [-0.2, -0.15) is 0 Å². The summed E-state index contributed by atoms with van der Waals surface area (Å²) in [6, 6.07) is -2.33. The summed E-state index contributed by atoms with van der Waals surface area (Å²) in [7, 11) is 0. The van der Waals surface area contributed by atoms with E-state index in [9.17, 15) is 24.3 Å². The van der Waals surface area contributed by atoms with Gasteiger partial charge in [-0.25, -0.2) is 4.79 Å². The molecule has 1 aliphatic heterocycles. The molecule has 1 heterocycles. The normalized spacial score (nSPS) is 18.5. The molecule has 0 radical (unpaired) electrons. The third-order valence-electron chi connectivity index (χ3n) is 4.85. The van der Waals surface area contributed by atoms with Gasteiger partial charge >= 0.3 is 18.0 Å². The summed E-state index contributed by atoms with van der Waals surface area (Å²) in [4.78, 5) is 51.5. The Hall–Kier alpha value is -2.40. The van der Waals surface area contributed by atoms with E-state index in [1.165, 1.54) is 0 Å². The molecule has 3 atom stereocenters. The first-order valence-corrected chi connectivity index (χ1v) is 11.7. The third-order valence-corrected chi connectivity index (χ3v) is 4.85. The molecule has 1 fully saturated rings. The summed E-state index contributed by atoms with van der Waals surface area (Å²) >= 11 is 0. The maximum Gasteiger partial charge on any atom is 0.408 e. The summed E-state index contributed by atoms with van der Waals surface area (Å²) in [5.74, 6) is -1.48. The van der Waals surface area contributed by atoms with Crippen LogP contribution in [0.1, 0.15) is 67.7 Å². The van der Waals surface area contributed by atoms with Crippen LogP contribution in [0, 0.1) is 0 Å². The molecule has 34 heavy (non-hydrogen) atoms. The van der Waals surface area contributed by atoms with E-state index in [4.69, 9.17) is 14.2 Å². The molecule has 1 rings (SSSR count). The number of nitrogens with one attached hydrogen (secondary N) is 2. The van der Waals surface area contributed by atoms with Crippen LogP contribution in [0.2, 0.25) is 0 Å². The minimum Gasteiger partial charge on any atom is -0.466 e. The van der Waals surface area contributed by atoms with Gasteiger partial charge in [0, 0.05) is 12.6 Å². The number of hydrogen-bond acceptors (Lipinski definition) is 9. The van der Waals surface area contributed by atoms with Crippen molar-refractivity contribution in [2.24, 2.45) is 0 Å². The highest BCUT2D eigenvalue weighted by Crippen LogP contribution is 2.25. The molecule has 11 nitrogen and oxygen atoms in total. The van der Waals surface area contributed by atoms with Crippen LogP contribution in [-0.4, -0.2) is 89.6 Å². The van der Waals surface area contributed by atoms with E-state index in [0.29, 0.717) is 13.0 Å². The highest BCUT2D eigenvalue weighted by Gasteiger charge is 2.39. The van der Waals surface area contributed by atoms with Crippen molar-refractivity contribution in [1.29, 1.82) is 0 Å². The van der Waals surface area contributed by atoms with Crippen molar-refractivity contribution in [3.8, 4) is 0 Å². The van der Waals surface area contributed by atoms with Crippen LogP contribution in [0.5, 0.6) is 0 Å². The van der Waals surface area contributed by atoms with E-state index >= 15 is 0 Å². The second kappa shape index (κ2) is 12.9. The quantitative estimate of drug-likeness (QED) is 0.305. The van der Waals surface area contributed by atoms with Gasteiger partial charge in [0.2, 0.25) is 5.91 Å². The third kappa shape index (κ3) is 10.7. The predicted octanol–water partition coefficient (Wildman–Crippen LogP) is 1.12. The summed E-state index contributed by atoms with van der Waals surface area (Å²) in [5, 5.41) is 14.6. The van der Waals surface area contributed by atoms with Crippen LogP contribution >= 0.6 is 0 Å². The fourth-order valence-electron chi connectivity index (χ4n) is 3.55. The average Bonchev–Trinajstić information content (AvgIpc) is 3.16. The SMILES string of the molecule is CCOC(=O)C[C@H](CNC(=O)[C@H](CO)NC(=O)OC(C)(C)C)N1CCC[C@H]1C(=O)OC(C)(C)C. The summed E-state index contributed by atoms with van der Waals surface area (Å²) in [5.41, 5.74) is -1.42. The number of carbonyl (C=O) groups excluding carboxylic acids is 4. The number of aliphatic hydroxyl groups is 1. The van der Waals surface area contributed by atoms with Gasteiger partial charge < -0.3 is 30.0 Å². The largest absolute Gasteiger partial charge is 0.466 e. The Morgan fingerprint density at radius 2 is 1.68 bits per heavy atom. The zero-order chi connectivity index (χ0) is 26.1. The Kier molecular flexibility index (Phi) is 11.2. The number of nitrogens with zero attached hydrogens (tertiary/aromatic N) is 1. The van der Waals surface area contributed by atoms with E-state index in [1.807, 2.05) is 4.90 Å². The van der Waals surface area contributed by atoms with Crippen LogP contribution in [0.25, 0.3) is 0 Å². The minimum atomic E-state index is -1.24. The van der Waals surface area contributed by atoms with Crippen LogP contribution in [-0.2, 0) is 28.6 Å². The molecule has 2 amide bonds. The molecule has 3 N–H and O–H groups in total. The van der Waals surface area contributed by atoms with Crippen LogP contribution < -0.4 is 10.6 Å². The number of amides is 2. The van der Waals surface area contributed by atoms with Crippen LogP contribution in [0.3, 0.4) is 0 Å². The first-order chi connectivity index (χ1) is 15.7. The van der Waals surface area contributed by atoms with Gasteiger partial charge in [0.05, 0.1) is 19.6 Å². The Labute approximate surface area is 201 Å². The average molecular weight is 488 g/mol. The Morgan fingerprint density at radius 3 is 2.21 bits per heavy atom. The van der Waals surface area contributed by atoms with Crippen LogP contribution in [0.15, 0.2) is 0 Å². The maximum atomic E-state index is 12.8. The van der Waals surface area contributed by atoms with Gasteiger partial charge in [-0.05, 0) is 67.9 Å². The second-order valence-electron chi connectivity index (χ2n) is 10.2. The Bertz CT molecular complexity index is 714. The monoisotopic (exact) mass is 487 g/mol. The Balaban J connectivity index is 2.90. The first-order valence-electron chi connectivity index (χ1n) is 11.7. The fourth-order valence-corrected chi connectivity index (χ4v) is 3.55. The number of rotatable bonds is 10. The maximum absolute atomic E-state index is 12.8. The summed E-state index contributed by atoms with van der Waals surface area (Å²) in [6.07, 6.45) is 0.420. The van der Waals surface area contributed by atoms with E-state index in [0.717, 1.165) is 6.42 Å². The van der Waals surface area contributed by atoms with Crippen molar-refractivity contribution in [3.63, 3.8) is 0 Å². The van der Waals surface area contributed by atoms with Gasteiger partial charge in [0.1, 0.15) is 23.3 Å². The van der Waals surface area contributed by atoms with Crippen molar-refractivity contribution in [3.05, 3.63) is 0 Å². The topological polar surface area (TPSA) is 143 Å². The minimum absolute atomic E-state index is 0.00342. The Morgan fingerprint density at radius 1 is 1.06 bits per heavy atom. The number of likely N-dealkylation sites (tertiary alicyclic amines) is 1. The lowest BCUT2D eigenvalue weighted by atomic mass is 10.1. The lowest BCUT2D eigenvalue weighted by Gasteiger charge is -2.33. The number of ether oxygens (including phenoxy) is 3. The van der Waals surface area contributed by atoms with Gasteiger partial charge in [-0.3, -0.25) is 19.3 Å². The molecule has 0 aromatic rings. The lowest BCUT2D eigenvalue weighted by molar-refractivity contribution is -0.162. The standard InChI is InChI=1S/C23H41N3O8/c1-8-32-18(28)12-15(26-11-9-10-17(26)20(30)33-22(2,3)4)13-24-19(29)16(14-27)25-21(31)34-23(5,6)7/h15-17,27H,8-14H2,1-7H3,(H,24,29)(H,25,31)/t15-,16+,17+/m1/s1. The number of aliphatic hydroxyl groups excluding tert-OH is 1. The fraction of sp³-hybridized carbons (Fsp3) is 0.826. The second-order valence-corrected chi connectivity index (χ2v) is 10.2. The lowest BCUT2D eigenvalue weighted by Crippen LogP contribution is -2.54. The van der Waals surface area contributed by atoms with E-state index < -0.39 is 53.9 Å². The molecule has 0 bridgehead atoms. The zero-order valence-electron chi connectivity index (χ0n) is 21.4. The molecule has 0 aromatic heterocycles. The number of esters is 2. The molecule has 196 valence electrons. The molecular formula is C23H41N3O8. The molecular weight excluding hydrogens is 446 g/mol. The van der Waals surface area contributed by atoms with Gasteiger partial charge in [0.25, 0.3) is 0 Å². The molecule has 1 aliphatic rings. The molecule has 11 heteroatoms. The molecule has 0 spiro atoms. The highest BCUT2D eigenvalue weighted by molar-refractivity contribution is 5.86. The van der Waals surface area contributed by atoms with Crippen molar-refractivity contribution >= 4 is 23.9 Å². The van der Waals surface area contributed by atoms with Crippen LogP contribution in [0.4, 0.5) is 4.79 Å². The van der Waals surface area contributed by atoms with Crippen molar-refractivity contribution in [2.75, 3.05) is 26.3 Å². The predicted molar refractivity (Wildman–Crippen MR) is 124 cm³/mol. The highest BCUT2D eigenvalue weighted by atomic mass is 16.6. The van der Waals surface area contributed by atoms with Gasteiger partial charge in [-0.15, -0.1) is 0 Å². The number of carbonyl (C=O) groups is 4. The van der Waals surface area contributed by atoms with Gasteiger partial charge in [-0.1, -0.05) is 0 Å². The van der Waals surface area contributed by atoms with E-state index in [1.54, 1.807) is 48.5 Å². The first kappa shape index (κ1) is 29.6. The van der Waals surface area contributed by atoms with E-state index in [2.05, 4.69) is 10.6 Å². The summed E-state index contributed by atoms with van der Waals surface area (Å²) in [6.45, 7) is 12.2. The van der Waals surface area contributed by atoms with Gasteiger partial charge in [0.15, 0.2) is 0 Å². The van der Waals surface area contributed by atoms with Crippen molar-refractivity contribution in [2.45, 2.75) is 97.1 Å². The van der Waals surface area contributed by atoms with Crippen molar-refractivity contribution < 1.29 is 38.5 Å². The molecule has 0 unspecified atom stereocenters. The number of alkyl carbamates (subject to hydrolysis) is 1. The van der Waals surface area contributed by atoms with E-state index in [-0.39, 0.29) is 25.5 Å². The molecule has 0 aliphatic carbocycles. The molecule has 0 saturated carbocycles. The molecule has 1 saturated heterocycles. The smallest absolute Gasteiger partial charge is 0.408 e. The van der Waals surface area contributed by atoms with Crippen molar-refractivity contribution in [1.82, 2.24) is 15.5 Å². The zero-order valence-corrected chi connectivity index (χ0v) is 21.4.